The van der Waals surface area contributed by atoms with Crippen LogP contribution in [0.5, 0.6) is 0 Å². The van der Waals surface area contributed by atoms with Crippen LogP contribution in [0.3, 0.4) is 0 Å². The van der Waals surface area contributed by atoms with E-state index >= 15 is 0 Å². The van der Waals surface area contributed by atoms with Gasteiger partial charge in [-0.3, -0.25) is 4.68 Å². The molecule has 0 spiro atoms. The van der Waals surface area contributed by atoms with Gasteiger partial charge in [0.25, 0.3) is 0 Å². The van der Waals surface area contributed by atoms with Gasteiger partial charge < -0.3 is 10.2 Å². The minimum absolute atomic E-state index is 0. The Morgan fingerprint density at radius 2 is 1.96 bits per heavy atom. The van der Waals surface area contributed by atoms with Gasteiger partial charge in [0.15, 0.2) is 5.96 Å². The largest absolute Gasteiger partial charge is 0.357 e. The minimum atomic E-state index is 0. The first-order chi connectivity index (χ1) is 10.6. The number of guanidine groups is 1. The van der Waals surface area contributed by atoms with E-state index in [1.807, 2.05) is 19.4 Å². The predicted octanol–water partition coefficient (Wildman–Crippen LogP) is 2.94. The molecule has 0 atom stereocenters. The number of benzene rings is 1. The summed E-state index contributed by atoms with van der Waals surface area (Å²) >= 11 is 0. The number of rotatable bonds is 5. The highest BCUT2D eigenvalue weighted by atomic mass is 127. The summed E-state index contributed by atoms with van der Waals surface area (Å²) in [5.41, 5.74) is 3.67. The lowest BCUT2D eigenvalue weighted by Gasteiger charge is -2.22. The molecular formula is C17H26IN5. The summed E-state index contributed by atoms with van der Waals surface area (Å²) in [7, 11) is 3.98. The third-order valence-corrected chi connectivity index (χ3v) is 3.41. The van der Waals surface area contributed by atoms with E-state index in [1.165, 1.54) is 11.1 Å². The van der Waals surface area contributed by atoms with Crippen LogP contribution in [-0.4, -0.2) is 34.2 Å². The number of aryl methyl sites for hydroxylation is 2. The van der Waals surface area contributed by atoms with Gasteiger partial charge in [-0.1, -0.05) is 29.8 Å². The molecule has 1 aromatic carbocycles. The van der Waals surface area contributed by atoms with E-state index in [9.17, 15) is 0 Å². The minimum Gasteiger partial charge on any atom is -0.357 e. The zero-order chi connectivity index (χ0) is 15.9. The number of aliphatic imine (C=N–C) groups is 1. The van der Waals surface area contributed by atoms with Gasteiger partial charge in [-0.25, -0.2) is 4.99 Å². The summed E-state index contributed by atoms with van der Waals surface area (Å²) in [5, 5.41) is 7.51. The van der Waals surface area contributed by atoms with Crippen molar-refractivity contribution in [3.63, 3.8) is 0 Å². The van der Waals surface area contributed by atoms with Gasteiger partial charge in [0.1, 0.15) is 0 Å². The van der Waals surface area contributed by atoms with Gasteiger partial charge in [0.05, 0.1) is 12.7 Å². The first kappa shape index (κ1) is 19.5. The lowest BCUT2D eigenvalue weighted by molar-refractivity contribution is 0.477. The van der Waals surface area contributed by atoms with E-state index in [4.69, 9.17) is 0 Å². The number of nitrogens with zero attached hydrogens (tertiary/aromatic N) is 4. The molecule has 0 unspecified atom stereocenters. The first-order valence-electron chi connectivity index (χ1n) is 7.61. The Kier molecular flexibility index (Phi) is 8.08. The summed E-state index contributed by atoms with van der Waals surface area (Å²) in [4.78, 5) is 6.83. The van der Waals surface area contributed by atoms with Gasteiger partial charge in [0.2, 0.25) is 0 Å². The second-order valence-corrected chi connectivity index (χ2v) is 5.53. The van der Waals surface area contributed by atoms with Crippen molar-refractivity contribution in [3.8, 4) is 0 Å². The fourth-order valence-electron chi connectivity index (χ4n) is 2.23. The van der Waals surface area contributed by atoms with Gasteiger partial charge in [-0.2, -0.15) is 5.10 Å². The molecule has 0 aliphatic rings. The van der Waals surface area contributed by atoms with Crippen LogP contribution in [0.1, 0.15) is 23.6 Å². The molecule has 0 radical (unpaired) electrons. The highest BCUT2D eigenvalue weighted by Gasteiger charge is 2.06. The van der Waals surface area contributed by atoms with E-state index in [0.717, 1.165) is 24.6 Å². The Morgan fingerprint density at radius 3 is 2.52 bits per heavy atom. The highest BCUT2D eigenvalue weighted by molar-refractivity contribution is 14.0. The van der Waals surface area contributed by atoms with Gasteiger partial charge >= 0.3 is 0 Å². The monoisotopic (exact) mass is 427 g/mol. The molecular weight excluding hydrogens is 401 g/mol. The van der Waals surface area contributed by atoms with Crippen LogP contribution < -0.4 is 5.32 Å². The number of aromatic nitrogens is 2. The topological polar surface area (TPSA) is 45.5 Å². The van der Waals surface area contributed by atoms with Crippen molar-refractivity contribution in [3.05, 3.63) is 53.3 Å². The average Bonchev–Trinajstić information content (AvgIpc) is 2.91. The van der Waals surface area contributed by atoms with E-state index in [0.29, 0.717) is 6.54 Å². The standard InChI is InChI=1S/C17H25N5.HI/c1-5-18-17(19-10-16-11-20-22(4)13-16)21(3)12-15-8-6-14(2)7-9-15;/h6-9,11,13H,5,10,12H2,1-4H3,(H,18,19);1H. The lowest BCUT2D eigenvalue weighted by atomic mass is 10.1. The third-order valence-electron chi connectivity index (χ3n) is 3.41. The van der Waals surface area contributed by atoms with Crippen molar-refractivity contribution in [2.24, 2.45) is 12.0 Å². The summed E-state index contributed by atoms with van der Waals surface area (Å²) in [5.74, 6) is 0.909. The molecule has 23 heavy (non-hydrogen) atoms. The zero-order valence-electron chi connectivity index (χ0n) is 14.3. The molecule has 5 nitrogen and oxygen atoms in total. The van der Waals surface area contributed by atoms with Crippen LogP contribution in [-0.2, 0) is 20.1 Å². The molecule has 0 fully saturated rings. The number of hydrogen-bond donors (Lipinski definition) is 1. The molecule has 0 aliphatic heterocycles. The van der Waals surface area contributed by atoms with Crippen molar-refractivity contribution in [2.45, 2.75) is 26.9 Å². The first-order valence-corrected chi connectivity index (χ1v) is 7.61. The van der Waals surface area contributed by atoms with E-state index in [2.05, 4.69) is 65.5 Å². The van der Waals surface area contributed by atoms with Crippen molar-refractivity contribution < 1.29 is 0 Å². The van der Waals surface area contributed by atoms with Crippen molar-refractivity contribution in [1.29, 1.82) is 0 Å². The smallest absolute Gasteiger partial charge is 0.194 e. The summed E-state index contributed by atoms with van der Waals surface area (Å²) in [6.07, 6.45) is 3.85. The van der Waals surface area contributed by atoms with Crippen molar-refractivity contribution >= 4 is 29.9 Å². The molecule has 1 heterocycles. The summed E-state index contributed by atoms with van der Waals surface area (Å²) in [6.45, 7) is 6.50. The Bertz CT molecular complexity index is 618. The van der Waals surface area contributed by atoms with Gasteiger partial charge in [-0.05, 0) is 19.4 Å². The van der Waals surface area contributed by atoms with Crippen LogP contribution >= 0.6 is 24.0 Å². The number of nitrogens with one attached hydrogen (secondary N) is 1. The van der Waals surface area contributed by atoms with E-state index in [-0.39, 0.29) is 24.0 Å². The zero-order valence-corrected chi connectivity index (χ0v) is 16.6. The van der Waals surface area contributed by atoms with Crippen LogP contribution in [0.25, 0.3) is 0 Å². The number of halogens is 1. The Balaban J connectivity index is 0.00000264. The maximum Gasteiger partial charge on any atom is 0.194 e. The molecule has 0 bridgehead atoms. The van der Waals surface area contributed by atoms with Crippen molar-refractivity contribution in [1.82, 2.24) is 20.0 Å². The van der Waals surface area contributed by atoms with Crippen molar-refractivity contribution in [2.75, 3.05) is 13.6 Å². The fourth-order valence-corrected chi connectivity index (χ4v) is 2.23. The van der Waals surface area contributed by atoms with Crippen LogP contribution in [0.4, 0.5) is 0 Å². The molecule has 1 N–H and O–H groups in total. The molecule has 0 saturated carbocycles. The van der Waals surface area contributed by atoms with Crippen LogP contribution in [0, 0.1) is 6.92 Å². The molecule has 1 aromatic heterocycles. The molecule has 0 amide bonds. The Labute approximate surface area is 155 Å². The van der Waals surface area contributed by atoms with Crippen LogP contribution in [0.2, 0.25) is 0 Å². The van der Waals surface area contributed by atoms with Gasteiger partial charge in [0, 0.05) is 38.9 Å². The summed E-state index contributed by atoms with van der Waals surface area (Å²) < 4.78 is 1.80. The molecule has 6 heteroatoms. The maximum absolute atomic E-state index is 4.69. The highest BCUT2D eigenvalue weighted by Crippen LogP contribution is 2.07. The second kappa shape index (κ2) is 9.54. The van der Waals surface area contributed by atoms with Crippen LogP contribution in [0.15, 0.2) is 41.7 Å². The molecule has 0 saturated heterocycles. The lowest BCUT2D eigenvalue weighted by Crippen LogP contribution is -2.38. The normalized spacial score (nSPS) is 11.0. The quantitative estimate of drug-likeness (QED) is 0.454. The summed E-state index contributed by atoms with van der Waals surface area (Å²) in [6, 6.07) is 8.61. The average molecular weight is 427 g/mol. The fraction of sp³-hybridized carbons (Fsp3) is 0.412. The predicted molar refractivity (Wildman–Crippen MR) is 106 cm³/mol. The Hall–Kier alpha value is -1.57. The van der Waals surface area contributed by atoms with Gasteiger partial charge in [-0.15, -0.1) is 24.0 Å². The third kappa shape index (κ3) is 6.21. The molecule has 0 aliphatic carbocycles. The van der Waals surface area contributed by atoms with E-state index in [1.54, 1.807) is 4.68 Å². The molecule has 2 rings (SSSR count). The maximum atomic E-state index is 4.69. The Morgan fingerprint density at radius 1 is 1.26 bits per heavy atom. The second-order valence-electron chi connectivity index (χ2n) is 5.53. The SMILES string of the molecule is CCNC(=NCc1cnn(C)c1)N(C)Cc1ccc(C)cc1.I. The van der Waals surface area contributed by atoms with E-state index < -0.39 is 0 Å². The molecule has 126 valence electrons. The molecule has 2 aromatic rings. The number of hydrogen-bond acceptors (Lipinski definition) is 2.